The summed E-state index contributed by atoms with van der Waals surface area (Å²) in [5.74, 6) is 4.41. The van der Waals surface area contributed by atoms with Crippen LogP contribution < -0.4 is 0 Å². The number of aliphatic hydroxyl groups is 1. The first-order valence-corrected chi connectivity index (χ1v) is 14.1. The third-order valence-electron chi connectivity index (χ3n) is 13.3. The summed E-state index contributed by atoms with van der Waals surface area (Å²) >= 11 is 0. The lowest BCUT2D eigenvalue weighted by atomic mass is 9.41. The van der Waals surface area contributed by atoms with Crippen LogP contribution in [0.2, 0.25) is 0 Å². The second-order valence-corrected chi connectivity index (χ2v) is 14.8. The Labute approximate surface area is 193 Å². The molecule has 0 amide bonds. The van der Waals surface area contributed by atoms with E-state index in [4.69, 9.17) is 0 Å². The van der Waals surface area contributed by atoms with Gasteiger partial charge in [-0.3, -0.25) is 0 Å². The van der Waals surface area contributed by atoms with Crippen LogP contribution >= 0.6 is 0 Å². The van der Waals surface area contributed by atoms with Gasteiger partial charge in [-0.15, -0.1) is 0 Å². The fraction of sp³-hybridized carbons (Fsp3) is 1.00. The van der Waals surface area contributed by atoms with E-state index in [1.54, 1.807) is 0 Å². The maximum atomic E-state index is 10.8. The van der Waals surface area contributed by atoms with E-state index < -0.39 is 0 Å². The minimum atomic E-state index is -0.0793. The van der Waals surface area contributed by atoms with Crippen molar-refractivity contribution < 1.29 is 5.11 Å². The lowest BCUT2D eigenvalue weighted by molar-refractivity contribution is -0.161. The second-order valence-electron chi connectivity index (χ2n) is 14.8. The molecule has 0 bridgehead atoms. The van der Waals surface area contributed by atoms with Crippen LogP contribution in [0.25, 0.3) is 0 Å². The van der Waals surface area contributed by atoms with Gasteiger partial charge >= 0.3 is 0 Å². The van der Waals surface area contributed by atoms with Crippen LogP contribution in [0.4, 0.5) is 0 Å². The van der Waals surface area contributed by atoms with E-state index in [9.17, 15) is 5.11 Å². The predicted octanol–water partition coefficient (Wildman–Crippen LogP) is 8.25. The van der Waals surface area contributed by atoms with Crippen molar-refractivity contribution in [1.82, 2.24) is 0 Å². The van der Waals surface area contributed by atoms with E-state index in [-0.39, 0.29) is 11.5 Å². The Morgan fingerprint density at radius 2 is 1.42 bits per heavy atom. The highest BCUT2D eigenvalue weighted by atomic mass is 16.3. The third-order valence-corrected chi connectivity index (χ3v) is 13.3. The fourth-order valence-corrected chi connectivity index (χ4v) is 11.3. The summed E-state index contributed by atoms with van der Waals surface area (Å²) in [5, 5.41) is 10.8. The van der Waals surface area contributed by atoms with E-state index in [1.165, 1.54) is 70.6 Å². The maximum absolute atomic E-state index is 10.8. The molecule has 5 aliphatic carbocycles. The summed E-state index contributed by atoms with van der Waals surface area (Å²) in [7, 11) is 0. The van der Waals surface area contributed by atoms with Crippen LogP contribution in [0.5, 0.6) is 0 Å². The van der Waals surface area contributed by atoms with Crippen LogP contribution in [0.1, 0.15) is 126 Å². The van der Waals surface area contributed by atoms with Crippen molar-refractivity contribution in [1.29, 1.82) is 0 Å². The quantitative estimate of drug-likeness (QED) is 0.467. The van der Waals surface area contributed by atoms with E-state index in [2.05, 4.69) is 48.5 Å². The van der Waals surface area contributed by atoms with Gasteiger partial charge in [0.05, 0.1) is 6.10 Å². The highest BCUT2D eigenvalue weighted by Crippen LogP contribution is 2.89. The van der Waals surface area contributed by atoms with Crippen LogP contribution in [-0.2, 0) is 0 Å². The Morgan fingerprint density at radius 3 is 2.13 bits per heavy atom. The number of fused-ring (bicyclic) bond motifs is 2. The van der Waals surface area contributed by atoms with Gasteiger partial charge in [-0.1, -0.05) is 67.7 Å². The SMILES string of the molecule is CC(C)CCCC(C)C1CCC2(C)C3CCC4C(C)(C)C(O)CCC45CC35CCC12C. The summed E-state index contributed by atoms with van der Waals surface area (Å²) in [5.41, 5.74) is 2.45. The highest BCUT2D eigenvalue weighted by Gasteiger charge is 2.82. The van der Waals surface area contributed by atoms with Gasteiger partial charge in [0.1, 0.15) is 0 Å². The topological polar surface area (TPSA) is 20.2 Å². The van der Waals surface area contributed by atoms with Crippen LogP contribution in [0, 0.1) is 56.7 Å². The van der Waals surface area contributed by atoms with Gasteiger partial charge in [-0.2, -0.15) is 0 Å². The van der Waals surface area contributed by atoms with Gasteiger partial charge < -0.3 is 5.11 Å². The molecule has 0 radical (unpaired) electrons. The molecule has 5 fully saturated rings. The molecular formula is C30H52O. The molecule has 178 valence electrons. The van der Waals surface area contributed by atoms with E-state index in [1.807, 2.05) is 0 Å². The highest BCUT2D eigenvalue weighted by molar-refractivity contribution is 5.30. The summed E-state index contributed by atoms with van der Waals surface area (Å²) in [6, 6.07) is 0. The van der Waals surface area contributed by atoms with E-state index in [0.29, 0.717) is 21.7 Å². The normalized spacial score (nSPS) is 53.3. The van der Waals surface area contributed by atoms with Gasteiger partial charge in [0.2, 0.25) is 0 Å². The Bertz CT molecular complexity index is 709. The molecule has 1 N–H and O–H groups in total. The number of hydrogen-bond acceptors (Lipinski definition) is 1. The molecule has 0 aromatic carbocycles. The van der Waals surface area contributed by atoms with Gasteiger partial charge in [-0.25, -0.2) is 0 Å². The first kappa shape index (κ1) is 22.7. The van der Waals surface area contributed by atoms with Crippen molar-refractivity contribution in [2.75, 3.05) is 0 Å². The molecule has 31 heavy (non-hydrogen) atoms. The first-order chi connectivity index (χ1) is 14.4. The molecule has 0 saturated heterocycles. The van der Waals surface area contributed by atoms with Gasteiger partial charge in [-0.05, 0) is 114 Å². The molecule has 2 spiro atoms. The number of rotatable bonds is 5. The molecule has 0 heterocycles. The van der Waals surface area contributed by atoms with Crippen molar-refractivity contribution in [3.63, 3.8) is 0 Å². The van der Waals surface area contributed by atoms with E-state index in [0.717, 1.165) is 36.0 Å². The zero-order valence-corrected chi connectivity index (χ0v) is 21.9. The van der Waals surface area contributed by atoms with Gasteiger partial charge in [0, 0.05) is 0 Å². The zero-order valence-electron chi connectivity index (χ0n) is 21.9. The predicted molar refractivity (Wildman–Crippen MR) is 131 cm³/mol. The molecule has 1 heteroatoms. The third kappa shape index (κ3) is 2.77. The Balaban J connectivity index is 1.39. The lowest BCUT2D eigenvalue weighted by Crippen LogP contribution is -2.57. The molecule has 0 aliphatic heterocycles. The zero-order chi connectivity index (χ0) is 22.4. The summed E-state index contributed by atoms with van der Waals surface area (Å²) in [4.78, 5) is 0. The smallest absolute Gasteiger partial charge is 0.0594 e. The van der Waals surface area contributed by atoms with Crippen molar-refractivity contribution in [2.24, 2.45) is 56.7 Å². The van der Waals surface area contributed by atoms with E-state index >= 15 is 0 Å². The Hall–Kier alpha value is -0.0400. The molecule has 0 aromatic rings. The van der Waals surface area contributed by atoms with Crippen molar-refractivity contribution >= 4 is 0 Å². The van der Waals surface area contributed by atoms with Crippen molar-refractivity contribution in [3.05, 3.63) is 0 Å². The monoisotopic (exact) mass is 428 g/mol. The fourth-order valence-electron chi connectivity index (χ4n) is 11.3. The Kier molecular flexibility index (Phi) is 5.13. The standard InChI is InChI=1S/C30H52O/c1-20(2)9-8-10-21(3)22-13-15-28(7)24-12-11-23-26(4,5)25(31)14-16-29(23)19-30(24,29)18-17-27(22,28)6/h20-25,31H,8-19H2,1-7H3. The van der Waals surface area contributed by atoms with Gasteiger partial charge in [0.15, 0.2) is 0 Å². The lowest BCUT2D eigenvalue weighted by Gasteiger charge is -2.63. The number of hydrogen-bond donors (Lipinski definition) is 1. The summed E-state index contributed by atoms with van der Waals surface area (Å²) in [6.07, 6.45) is 16.9. The summed E-state index contributed by atoms with van der Waals surface area (Å²) < 4.78 is 0. The average Bonchev–Trinajstić information content (AvgIpc) is 3.27. The second kappa shape index (κ2) is 6.99. The first-order valence-electron chi connectivity index (χ1n) is 14.1. The van der Waals surface area contributed by atoms with Crippen molar-refractivity contribution in [3.8, 4) is 0 Å². The minimum Gasteiger partial charge on any atom is -0.393 e. The summed E-state index contributed by atoms with van der Waals surface area (Å²) in [6.45, 7) is 17.7. The van der Waals surface area contributed by atoms with Crippen LogP contribution in [-0.4, -0.2) is 11.2 Å². The van der Waals surface area contributed by atoms with Crippen LogP contribution in [0.3, 0.4) is 0 Å². The minimum absolute atomic E-state index is 0.0793. The maximum Gasteiger partial charge on any atom is 0.0594 e. The molecular weight excluding hydrogens is 376 g/mol. The largest absolute Gasteiger partial charge is 0.393 e. The average molecular weight is 429 g/mol. The molecule has 5 aliphatic rings. The molecule has 5 saturated carbocycles. The molecule has 1 nitrogen and oxygen atoms in total. The molecule has 9 unspecified atom stereocenters. The molecule has 9 atom stereocenters. The molecule has 5 rings (SSSR count). The number of aliphatic hydroxyl groups excluding tert-OH is 1. The van der Waals surface area contributed by atoms with Crippen LogP contribution in [0.15, 0.2) is 0 Å². The van der Waals surface area contributed by atoms with Gasteiger partial charge in [0.25, 0.3) is 0 Å². The Morgan fingerprint density at radius 1 is 0.742 bits per heavy atom. The molecule has 0 aromatic heterocycles. The van der Waals surface area contributed by atoms with Crippen molar-refractivity contribution in [2.45, 2.75) is 132 Å².